The first-order chi connectivity index (χ1) is 10.1. The number of aromatic nitrogens is 1. The van der Waals surface area contributed by atoms with Crippen LogP contribution in [0.2, 0.25) is 0 Å². The van der Waals surface area contributed by atoms with Crippen molar-refractivity contribution in [1.29, 1.82) is 0 Å². The van der Waals surface area contributed by atoms with E-state index in [0.717, 1.165) is 0 Å². The summed E-state index contributed by atoms with van der Waals surface area (Å²) in [4.78, 5) is 26.0. The van der Waals surface area contributed by atoms with Crippen LogP contribution in [0.1, 0.15) is 21.9 Å². The monoisotopic (exact) mass is 317 g/mol. The third-order valence-corrected chi connectivity index (χ3v) is 3.20. The van der Waals surface area contributed by atoms with E-state index in [4.69, 9.17) is 14.6 Å². The molecule has 0 aliphatic rings. The number of nitrogens with zero attached hydrogens (tertiary/aromatic N) is 1. The van der Waals surface area contributed by atoms with Gasteiger partial charge >= 0.3 is 12.0 Å². The van der Waals surface area contributed by atoms with Crippen molar-refractivity contribution in [3.63, 3.8) is 0 Å². The lowest BCUT2D eigenvalue weighted by Crippen LogP contribution is -2.35. The molecule has 0 aliphatic carbocycles. The number of rotatable bonds is 10. The molecule has 1 heterocycles. The van der Waals surface area contributed by atoms with Gasteiger partial charge in [0.15, 0.2) is 5.69 Å². The van der Waals surface area contributed by atoms with Crippen molar-refractivity contribution in [3.8, 4) is 0 Å². The largest absolute Gasteiger partial charge is 0.476 e. The van der Waals surface area contributed by atoms with Crippen LogP contribution in [0.15, 0.2) is 5.38 Å². The van der Waals surface area contributed by atoms with Gasteiger partial charge in [-0.2, -0.15) is 0 Å². The second-order valence-corrected chi connectivity index (χ2v) is 4.94. The lowest BCUT2D eigenvalue weighted by Gasteiger charge is -2.06. The van der Waals surface area contributed by atoms with Crippen molar-refractivity contribution in [2.45, 2.75) is 13.0 Å². The van der Waals surface area contributed by atoms with E-state index in [2.05, 4.69) is 15.6 Å². The molecular formula is C12H19N3O5S. The fourth-order valence-electron chi connectivity index (χ4n) is 1.33. The standard InChI is InChI=1S/C12H19N3O5S/c1-19-5-6-20-4-2-3-13-12(18)14-7-10-15-9(8-21-10)11(16)17/h8H,2-7H2,1H3,(H,16,17)(H2,13,14,18). The summed E-state index contributed by atoms with van der Waals surface area (Å²) in [5.41, 5.74) is -0.00887. The quantitative estimate of drug-likeness (QED) is 0.548. The summed E-state index contributed by atoms with van der Waals surface area (Å²) >= 11 is 1.19. The Labute approximate surface area is 126 Å². The van der Waals surface area contributed by atoms with E-state index in [1.165, 1.54) is 16.7 Å². The molecule has 0 aromatic carbocycles. The lowest BCUT2D eigenvalue weighted by molar-refractivity contribution is 0.0691. The second-order valence-electron chi connectivity index (χ2n) is 4.00. The highest BCUT2D eigenvalue weighted by Crippen LogP contribution is 2.09. The molecule has 1 rings (SSSR count). The van der Waals surface area contributed by atoms with Crippen LogP contribution in [-0.2, 0) is 16.0 Å². The van der Waals surface area contributed by atoms with Crippen molar-refractivity contribution in [3.05, 3.63) is 16.1 Å². The first-order valence-corrected chi connectivity index (χ1v) is 7.27. The number of hydrogen-bond donors (Lipinski definition) is 3. The van der Waals surface area contributed by atoms with Gasteiger partial charge in [-0.05, 0) is 6.42 Å². The molecule has 9 heteroatoms. The molecule has 118 valence electrons. The number of carbonyl (C=O) groups excluding carboxylic acids is 1. The number of carboxylic acids is 1. The molecule has 0 radical (unpaired) electrons. The normalized spacial score (nSPS) is 10.3. The van der Waals surface area contributed by atoms with Gasteiger partial charge < -0.3 is 25.2 Å². The molecule has 1 aromatic rings. The first kappa shape index (κ1) is 17.3. The van der Waals surface area contributed by atoms with Crippen LogP contribution in [0.4, 0.5) is 4.79 Å². The number of thiazole rings is 1. The van der Waals surface area contributed by atoms with Crippen molar-refractivity contribution < 1.29 is 24.2 Å². The van der Waals surface area contributed by atoms with E-state index in [0.29, 0.717) is 37.8 Å². The minimum atomic E-state index is -1.07. The van der Waals surface area contributed by atoms with Gasteiger partial charge in [0.05, 0.1) is 19.8 Å². The zero-order chi connectivity index (χ0) is 15.5. The number of nitrogens with one attached hydrogen (secondary N) is 2. The van der Waals surface area contributed by atoms with Crippen molar-refractivity contribution in [1.82, 2.24) is 15.6 Å². The smallest absolute Gasteiger partial charge is 0.355 e. The number of carbonyl (C=O) groups is 2. The topological polar surface area (TPSA) is 110 Å². The van der Waals surface area contributed by atoms with Gasteiger partial charge in [-0.3, -0.25) is 0 Å². The Balaban J connectivity index is 2.06. The highest BCUT2D eigenvalue weighted by Gasteiger charge is 2.09. The second kappa shape index (κ2) is 10.1. The minimum Gasteiger partial charge on any atom is -0.476 e. The molecule has 0 saturated carbocycles. The summed E-state index contributed by atoms with van der Waals surface area (Å²) in [7, 11) is 1.61. The summed E-state index contributed by atoms with van der Waals surface area (Å²) < 4.78 is 10.1. The number of methoxy groups -OCH3 is 1. The third-order valence-electron chi connectivity index (χ3n) is 2.35. The predicted octanol–water partition coefficient (Wildman–Crippen LogP) is 0.694. The Morgan fingerprint density at radius 3 is 2.81 bits per heavy atom. The Bertz CT molecular complexity index is 452. The van der Waals surface area contributed by atoms with E-state index in [1.54, 1.807) is 7.11 Å². The number of ether oxygens (including phenoxy) is 2. The number of hydrogen-bond acceptors (Lipinski definition) is 6. The summed E-state index contributed by atoms with van der Waals surface area (Å²) in [5, 5.41) is 16.0. The van der Waals surface area contributed by atoms with Gasteiger partial charge in [-0.1, -0.05) is 0 Å². The van der Waals surface area contributed by atoms with Gasteiger partial charge in [0.2, 0.25) is 0 Å². The van der Waals surface area contributed by atoms with E-state index in [-0.39, 0.29) is 18.3 Å². The number of carboxylic acid groups (broad SMARTS) is 1. The average Bonchev–Trinajstić information content (AvgIpc) is 2.93. The van der Waals surface area contributed by atoms with E-state index < -0.39 is 5.97 Å². The molecule has 8 nitrogen and oxygen atoms in total. The summed E-state index contributed by atoms with van der Waals surface area (Å²) in [6.45, 7) is 2.35. The molecule has 0 saturated heterocycles. The maximum Gasteiger partial charge on any atom is 0.355 e. The summed E-state index contributed by atoms with van der Waals surface area (Å²) in [6.07, 6.45) is 0.706. The molecule has 2 amide bonds. The van der Waals surface area contributed by atoms with Crippen molar-refractivity contribution >= 4 is 23.3 Å². The fraction of sp³-hybridized carbons (Fsp3) is 0.583. The highest BCUT2D eigenvalue weighted by atomic mass is 32.1. The summed E-state index contributed by atoms with van der Waals surface area (Å²) in [5.74, 6) is -1.07. The van der Waals surface area contributed by atoms with Crippen LogP contribution >= 0.6 is 11.3 Å². The Morgan fingerprint density at radius 2 is 2.14 bits per heavy atom. The molecule has 0 unspecified atom stereocenters. The molecule has 0 aliphatic heterocycles. The maximum absolute atomic E-state index is 11.5. The summed E-state index contributed by atoms with van der Waals surface area (Å²) in [6, 6.07) is -0.320. The number of urea groups is 1. The average molecular weight is 317 g/mol. The molecule has 3 N–H and O–H groups in total. The molecule has 0 bridgehead atoms. The van der Waals surface area contributed by atoms with Crippen LogP contribution < -0.4 is 10.6 Å². The molecule has 21 heavy (non-hydrogen) atoms. The van der Waals surface area contributed by atoms with Crippen molar-refractivity contribution in [2.24, 2.45) is 0 Å². The molecule has 0 spiro atoms. The molecule has 0 fully saturated rings. The first-order valence-electron chi connectivity index (χ1n) is 6.39. The fourth-order valence-corrected chi connectivity index (χ4v) is 2.04. The SMILES string of the molecule is COCCOCCCNC(=O)NCc1nc(C(=O)O)cs1. The number of amides is 2. The van der Waals surface area contributed by atoms with Gasteiger partial charge in [-0.25, -0.2) is 14.6 Å². The highest BCUT2D eigenvalue weighted by molar-refractivity contribution is 7.09. The van der Waals surface area contributed by atoms with Gasteiger partial charge in [0.1, 0.15) is 5.01 Å². The van der Waals surface area contributed by atoms with E-state index in [1.807, 2.05) is 0 Å². The van der Waals surface area contributed by atoms with E-state index >= 15 is 0 Å². The molecule has 0 atom stereocenters. The minimum absolute atomic E-state index is 0.00887. The molecular weight excluding hydrogens is 298 g/mol. The maximum atomic E-state index is 11.5. The lowest BCUT2D eigenvalue weighted by atomic mass is 10.4. The van der Waals surface area contributed by atoms with Crippen molar-refractivity contribution in [2.75, 3.05) is 33.5 Å². The van der Waals surface area contributed by atoms with Gasteiger partial charge in [0, 0.05) is 25.6 Å². The van der Waals surface area contributed by atoms with Crippen LogP contribution in [0, 0.1) is 0 Å². The molecule has 1 aromatic heterocycles. The number of aromatic carboxylic acids is 1. The van der Waals surface area contributed by atoms with E-state index in [9.17, 15) is 9.59 Å². The Kier molecular flexibility index (Phi) is 8.32. The Hall–Kier alpha value is -1.71. The van der Waals surface area contributed by atoms with Crippen LogP contribution in [0.3, 0.4) is 0 Å². The predicted molar refractivity (Wildman–Crippen MR) is 76.6 cm³/mol. The zero-order valence-electron chi connectivity index (χ0n) is 11.8. The van der Waals surface area contributed by atoms with Crippen LogP contribution in [-0.4, -0.2) is 55.6 Å². The van der Waals surface area contributed by atoms with Crippen LogP contribution in [0.25, 0.3) is 0 Å². The van der Waals surface area contributed by atoms with Gasteiger partial charge in [0.25, 0.3) is 0 Å². The zero-order valence-corrected chi connectivity index (χ0v) is 12.6. The van der Waals surface area contributed by atoms with Crippen LogP contribution in [0.5, 0.6) is 0 Å². The third kappa shape index (κ3) is 7.59. The Morgan fingerprint density at radius 1 is 1.33 bits per heavy atom. The van der Waals surface area contributed by atoms with Gasteiger partial charge in [-0.15, -0.1) is 11.3 Å².